The summed E-state index contributed by atoms with van der Waals surface area (Å²) in [7, 11) is 3.24. The van der Waals surface area contributed by atoms with Crippen molar-refractivity contribution in [1.82, 2.24) is 9.97 Å². The van der Waals surface area contributed by atoms with E-state index in [4.69, 9.17) is 15.2 Å². The highest BCUT2D eigenvalue weighted by Crippen LogP contribution is 2.34. The summed E-state index contributed by atoms with van der Waals surface area (Å²) in [5, 5.41) is 0.950. The van der Waals surface area contributed by atoms with Crippen LogP contribution in [0.4, 0.5) is 5.82 Å². The Labute approximate surface area is 131 Å². The Hall–Kier alpha value is -2.08. The summed E-state index contributed by atoms with van der Waals surface area (Å²) >= 11 is 0. The summed E-state index contributed by atoms with van der Waals surface area (Å²) in [6.45, 7) is 6.60. The second kappa shape index (κ2) is 7.26. The van der Waals surface area contributed by atoms with Gasteiger partial charge in [0, 0.05) is 24.5 Å². The number of fused-ring (bicyclic) bond motifs is 1. The van der Waals surface area contributed by atoms with Crippen molar-refractivity contribution >= 4 is 16.7 Å². The molecule has 2 N–H and O–H groups in total. The van der Waals surface area contributed by atoms with Crippen LogP contribution in [0.15, 0.2) is 18.5 Å². The van der Waals surface area contributed by atoms with Gasteiger partial charge in [0.2, 0.25) is 0 Å². The molecule has 0 fully saturated rings. The molecule has 6 heteroatoms. The third-order valence-electron chi connectivity index (χ3n) is 3.74. The maximum absolute atomic E-state index is 5.75. The van der Waals surface area contributed by atoms with Gasteiger partial charge < -0.3 is 20.1 Å². The van der Waals surface area contributed by atoms with Crippen LogP contribution in [0.5, 0.6) is 11.5 Å². The Morgan fingerprint density at radius 1 is 1.18 bits per heavy atom. The van der Waals surface area contributed by atoms with Crippen molar-refractivity contribution < 1.29 is 9.47 Å². The quantitative estimate of drug-likeness (QED) is 0.844. The molecule has 0 saturated carbocycles. The summed E-state index contributed by atoms with van der Waals surface area (Å²) < 4.78 is 10.7. The maximum Gasteiger partial charge on any atom is 0.162 e. The second-order valence-corrected chi connectivity index (χ2v) is 5.30. The number of methoxy groups -OCH3 is 2. The van der Waals surface area contributed by atoms with Gasteiger partial charge in [-0.3, -0.25) is 0 Å². The van der Waals surface area contributed by atoms with E-state index in [0.29, 0.717) is 24.0 Å². The standard InChI is InChI=1S/C16H24N4O2/c1-5-20(9-11(2)8-17)16-12-6-14(21-3)15(22-4)7-13(12)18-10-19-16/h6-7,10-11H,5,8-9,17H2,1-4H3. The number of aromatic nitrogens is 2. The molecule has 1 atom stereocenters. The molecule has 2 aromatic rings. The van der Waals surface area contributed by atoms with Crippen LogP contribution in [0.1, 0.15) is 13.8 Å². The van der Waals surface area contributed by atoms with E-state index in [1.54, 1.807) is 20.5 Å². The topological polar surface area (TPSA) is 73.5 Å². The first kappa shape index (κ1) is 16.3. The number of hydrogen-bond acceptors (Lipinski definition) is 6. The molecule has 0 saturated heterocycles. The Bertz CT molecular complexity index is 633. The molecule has 0 spiro atoms. The zero-order valence-corrected chi connectivity index (χ0v) is 13.7. The molecule has 0 aliphatic heterocycles. The Morgan fingerprint density at radius 3 is 2.45 bits per heavy atom. The van der Waals surface area contributed by atoms with Crippen molar-refractivity contribution in [2.45, 2.75) is 13.8 Å². The van der Waals surface area contributed by atoms with Gasteiger partial charge in [-0.25, -0.2) is 9.97 Å². The maximum atomic E-state index is 5.75. The third kappa shape index (κ3) is 3.22. The molecule has 1 heterocycles. The van der Waals surface area contributed by atoms with Gasteiger partial charge in [-0.05, 0) is 25.5 Å². The highest BCUT2D eigenvalue weighted by atomic mass is 16.5. The second-order valence-electron chi connectivity index (χ2n) is 5.30. The molecule has 1 unspecified atom stereocenters. The van der Waals surface area contributed by atoms with Gasteiger partial charge in [0.1, 0.15) is 12.1 Å². The Balaban J connectivity index is 2.53. The number of ether oxygens (including phenoxy) is 2. The average Bonchev–Trinajstić information content (AvgIpc) is 2.57. The lowest BCUT2D eigenvalue weighted by Gasteiger charge is -2.26. The average molecular weight is 304 g/mol. The number of anilines is 1. The highest BCUT2D eigenvalue weighted by molar-refractivity contribution is 5.92. The molecule has 6 nitrogen and oxygen atoms in total. The molecular formula is C16H24N4O2. The SMILES string of the molecule is CCN(CC(C)CN)c1ncnc2cc(OC)c(OC)cc12. The molecule has 0 amide bonds. The van der Waals surface area contributed by atoms with Crippen LogP contribution in [0.3, 0.4) is 0 Å². The van der Waals surface area contributed by atoms with Crippen molar-refractivity contribution in [3.05, 3.63) is 18.5 Å². The Morgan fingerprint density at radius 2 is 1.86 bits per heavy atom. The van der Waals surface area contributed by atoms with E-state index < -0.39 is 0 Å². The molecule has 1 aromatic heterocycles. The van der Waals surface area contributed by atoms with Crippen molar-refractivity contribution in [3.63, 3.8) is 0 Å². The lowest BCUT2D eigenvalue weighted by Crippen LogP contribution is -2.32. The van der Waals surface area contributed by atoms with Crippen LogP contribution < -0.4 is 20.1 Å². The van der Waals surface area contributed by atoms with E-state index in [-0.39, 0.29) is 0 Å². The van der Waals surface area contributed by atoms with Gasteiger partial charge in [-0.15, -0.1) is 0 Å². The lowest BCUT2D eigenvalue weighted by atomic mass is 10.1. The normalized spacial score (nSPS) is 12.2. The number of nitrogens with zero attached hydrogens (tertiary/aromatic N) is 3. The van der Waals surface area contributed by atoms with Gasteiger partial charge in [-0.1, -0.05) is 6.92 Å². The van der Waals surface area contributed by atoms with E-state index in [1.807, 2.05) is 12.1 Å². The molecular weight excluding hydrogens is 280 g/mol. The van der Waals surface area contributed by atoms with Crippen LogP contribution in [-0.2, 0) is 0 Å². The van der Waals surface area contributed by atoms with Crippen LogP contribution >= 0.6 is 0 Å². The minimum Gasteiger partial charge on any atom is -0.493 e. The minimum atomic E-state index is 0.394. The molecule has 1 aromatic carbocycles. The van der Waals surface area contributed by atoms with Crippen LogP contribution in [-0.4, -0.2) is 43.8 Å². The number of hydrogen-bond donors (Lipinski definition) is 1. The fourth-order valence-electron chi connectivity index (χ4n) is 2.44. The van der Waals surface area contributed by atoms with Crippen LogP contribution in [0.25, 0.3) is 10.9 Å². The molecule has 0 aliphatic carbocycles. The fourth-order valence-corrected chi connectivity index (χ4v) is 2.44. The first-order valence-corrected chi connectivity index (χ1v) is 7.46. The summed E-state index contributed by atoms with van der Waals surface area (Å²) in [6.07, 6.45) is 1.58. The fraction of sp³-hybridized carbons (Fsp3) is 0.500. The zero-order chi connectivity index (χ0) is 16.1. The third-order valence-corrected chi connectivity index (χ3v) is 3.74. The van der Waals surface area contributed by atoms with Gasteiger partial charge in [0.15, 0.2) is 11.5 Å². The van der Waals surface area contributed by atoms with E-state index in [1.165, 1.54) is 0 Å². The van der Waals surface area contributed by atoms with E-state index in [2.05, 4.69) is 28.7 Å². The van der Waals surface area contributed by atoms with E-state index in [9.17, 15) is 0 Å². The summed E-state index contributed by atoms with van der Waals surface area (Å²) in [5.41, 5.74) is 6.59. The van der Waals surface area contributed by atoms with Gasteiger partial charge in [-0.2, -0.15) is 0 Å². The van der Waals surface area contributed by atoms with Crippen molar-refractivity contribution in [3.8, 4) is 11.5 Å². The van der Waals surface area contributed by atoms with Crippen molar-refractivity contribution in [1.29, 1.82) is 0 Å². The molecule has 0 aliphatic rings. The van der Waals surface area contributed by atoms with E-state index >= 15 is 0 Å². The van der Waals surface area contributed by atoms with Crippen molar-refractivity contribution in [2.24, 2.45) is 11.7 Å². The van der Waals surface area contributed by atoms with E-state index in [0.717, 1.165) is 29.8 Å². The van der Waals surface area contributed by atoms with Crippen LogP contribution in [0, 0.1) is 5.92 Å². The number of nitrogens with two attached hydrogens (primary N) is 1. The predicted octanol–water partition coefficient (Wildman–Crippen LogP) is 2.07. The molecule has 0 radical (unpaired) electrons. The smallest absolute Gasteiger partial charge is 0.162 e. The van der Waals surface area contributed by atoms with Gasteiger partial charge >= 0.3 is 0 Å². The predicted molar refractivity (Wildman–Crippen MR) is 88.7 cm³/mol. The first-order valence-electron chi connectivity index (χ1n) is 7.46. The largest absolute Gasteiger partial charge is 0.493 e. The zero-order valence-electron chi connectivity index (χ0n) is 13.7. The summed E-state index contributed by atoms with van der Waals surface area (Å²) in [5.74, 6) is 2.63. The van der Waals surface area contributed by atoms with Gasteiger partial charge in [0.05, 0.1) is 19.7 Å². The highest BCUT2D eigenvalue weighted by Gasteiger charge is 2.16. The van der Waals surface area contributed by atoms with Gasteiger partial charge in [0.25, 0.3) is 0 Å². The summed E-state index contributed by atoms with van der Waals surface area (Å²) in [4.78, 5) is 11.0. The van der Waals surface area contributed by atoms with Crippen LogP contribution in [0.2, 0.25) is 0 Å². The summed E-state index contributed by atoms with van der Waals surface area (Å²) in [6, 6.07) is 3.80. The minimum absolute atomic E-state index is 0.394. The monoisotopic (exact) mass is 304 g/mol. The number of benzene rings is 1. The number of rotatable bonds is 7. The molecule has 0 bridgehead atoms. The lowest BCUT2D eigenvalue weighted by molar-refractivity contribution is 0.356. The molecule has 22 heavy (non-hydrogen) atoms. The Kier molecular flexibility index (Phi) is 5.38. The first-order chi connectivity index (χ1) is 10.6. The van der Waals surface area contributed by atoms with Crippen molar-refractivity contribution in [2.75, 3.05) is 38.8 Å². The molecule has 120 valence electrons. The molecule has 2 rings (SSSR count).